The van der Waals surface area contributed by atoms with Crippen LogP contribution in [0.5, 0.6) is 0 Å². The van der Waals surface area contributed by atoms with Gasteiger partial charge < -0.3 is 4.98 Å². The summed E-state index contributed by atoms with van der Waals surface area (Å²) in [6.07, 6.45) is -4.36. The first kappa shape index (κ1) is 14.2. The van der Waals surface area contributed by atoms with Gasteiger partial charge in [-0.2, -0.15) is 13.2 Å². The highest BCUT2D eigenvalue weighted by Gasteiger charge is 2.30. The van der Waals surface area contributed by atoms with Crippen molar-refractivity contribution in [2.75, 3.05) is 0 Å². The number of aromatic nitrogens is 2. The molecule has 3 rings (SSSR count). The minimum absolute atomic E-state index is 0.395. The number of rotatable bonds is 1. The molecule has 3 aromatic rings. The van der Waals surface area contributed by atoms with Gasteiger partial charge in [-0.1, -0.05) is 11.6 Å². The first-order chi connectivity index (χ1) is 9.86. The fourth-order valence-corrected chi connectivity index (χ4v) is 2.61. The largest absolute Gasteiger partial charge is 0.416 e. The van der Waals surface area contributed by atoms with Gasteiger partial charge in [0.1, 0.15) is 0 Å². The maximum absolute atomic E-state index is 12.6. The second-order valence-corrected chi connectivity index (χ2v) is 5.29. The Labute approximate surface area is 127 Å². The van der Waals surface area contributed by atoms with Crippen LogP contribution in [0.15, 0.2) is 42.5 Å². The zero-order chi connectivity index (χ0) is 15.2. The van der Waals surface area contributed by atoms with Gasteiger partial charge in [0.15, 0.2) is 4.77 Å². The summed E-state index contributed by atoms with van der Waals surface area (Å²) in [5, 5.41) is 0.525. The third-order valence-corrected chi connectivity index (χ3v) is 3.62. The lowest BCUT2D eigenvalue weighted by molar-refractivity contribution is -0.137. The molecule has 0 amide bonds. The number of nitrogens with zero attached hydrogens (tertiary/aromatic N) is 1. The normalized spacial score (nSPS) is 12.0. The lowest BCUT2D eigenvalue weighted by Gasteiger charge is -2.09. The van der Waals surface area contributed by atoms with Crippen molar-refractivity contribution in [1.82, 2.24) is 9.55 Å². The second-order valence-electron chi connectivity index (χ2n) is 4.47. The predicted octanol–water partition coefficient (Wildman–Crippen LogP) is 5.36. The number of benzene rings is 2. The molecule has 0 aliphatic rings. The van der Waals surface area contributed by atoms with E-state index in [1.165, 1.54) is 12.1 Å². The molecule has 108 valence electrons. The molecule has 0 saturated heterocycles. The van der Waals surface area contributed by atoms with Gasteiger partial charge in [0, 0.05) is 10.7 Å². The third kappa shape index (κ3) is 2.56. The lowest BCUT2D eigenvalue weighted by atomic mass is 10.2. The van der Waals surface area contributed by atoms with Crippen molar-refractivity contribution in [2.45, 2.75) is 6.18 Å². The molecule has 0 aliphatic heterocycles. The number of hydrogen-bond donors (Lipinski definition) is 1. The van der Waals surface area contributed by atoms with Gasteiger partial charge in [-0.3, -0.25) is 4.57 Å². The molecule has 0 spiro atoms. The van der Waals surface area contributed by atoms with Crippen molar-refractivity contribution in [3.05, 3.63) is 57.8 Å². The first-order valence-electron chi connectivity index (χ1n) is 5.94. The zero-order valence-electron chi connectivity index (χ0n) is 10.4. The second kappa shape index (κ2) is 4.89. The molecule has 0 bridgehead atoms. The molecule has 0 saturated carbocycles. The van der Waals surface area contributed by atoms with E-state index in [-0.39, 0.29) is 0 Å². The van der Waals surface area contributed by atoms with Gasteiger partial charge in [0.25, 0.3) is 0 Å². The highest BCUT2D eigenvalue weighted by Crippen LogP contribution is 2.30. The minimum Gasteiger partial charge on any atom is -0.330 e. The molecule has 2 aromatic carbocycles. The van der Waals surface area contributed by atoms with E-state index in [1.54, 1.807) is 22.8 Å². The molecule has 1 N–H and O–H groups in total. The van der Waals surface area contributed by atoms with Crippen molar-refractivity contribution in [2.24, 2.45) is 0 Å². The predicted molar refractivity (Wildman–Crippen MR) is 78.5 cm³/mol. The van der Waals surface area contributed by atoms with Crippen molar-refractivity contribution in [1.29, 1.82) is 0 Å². The first-order valence-corrected chi connectivity index (χ1v) is 6.73. The Morgan fingerprint density at radius 1 is 1.05 bits per heavy atom. The molecule has 0 fully saturated rings. The van der Waals surface area contributed by atoms with Crippen LogP contribution in [0.4, 0.5) is 13.2 Å². The number of halogens is 4. The molecule has 1 aromatic heterocycles. The topological polar surface area (TPSA) is 20.7 Å². The molecule has 0 atom stereocenters. The van der Waals surface area contributed by atoms with Gasteiger partial charge in [0.05, 0.1) is 16.6 Å². The van der Waals surface area contributed by atoms with E-state index >= 15 is 0 Å². The summed E-state index contributed by atoms with van der Waals surface area (Å²) in [5.41, 5.74) is 1.33. The van der Waals surface area contributed by atoms with Crippen molar-refractivity contribution < 1.29 is 13.2 Å². The van der Waals surface area contributed by atoms with Gasteiger partial charge >= 0.3 is 6.18 Å². The Bertz CT molecular complexity index is 863. The quantitative estimate of drug-likeness (QED) is 0.596. The number of aromatic amines is 1. The van der Waals surface area contributed by atoms with Gasteiger partial charge in [-0.25, -0.2) is 0 Å². The number of imidazole rings is 1. The molecule has 1 heterocycles. The van der Waals surface area contributed by atoms with Crippen LogP contribution in [0.25, 0.3) is 16.7 Å². The van der Waals surface area contributed by atoms with Crippen LogP contribution in [0.1, 0.15) is 5.56 Å². The lowest BCUT2D eigenvalue weighted by Crippen LogP contribution is -2.05. The van der Waals surface area contributed by atoms with E-state index in [2.05, 4.69) is 4.98 Å². The molecule has 0 radical (unpaired) electrons. The van der Waals surface area contributed by atoms with Crippen molar-refractivity contribution >= 4 is 34.9 Å². The molecule has 0 aliphatic carbocycles. The van der Waals surface area contributed by atoms with E-state index < -0.39 is 11.7 Å². The zero-order valence-corrected chi connectivity index (χ0v) is 12.0. The number of alkyl halides is 3. The number of H-pyrrole nitrogens is 1. The van der Waals surface area contributed by atoms with Gasteiger partial charge in [-0.05, 0) is 54.7 Å². The average molecular weight is 329 g/mol. The van der Waals surface area contributed by atoms with Crippen molar-refractivity contribution in [3.63, 3.8) is 0 Å². The Morgan fingerprint density at radius 3 is 2.33 bits per heavy atom. The molecular weight excluding hydrogens is 321 g/mol. The van der Waals surface area contributed by atoms with Crippen LogP contribution in [0, 0.1) is 4.77 Å². The fourth-order valence-electron chi connectivity index (χ4n) is 2.13. The van der Waals surface area contributed by atoms with E-state index in [4.69, 9.17) is 23.8 Å². The summed E-state index contributed by atoms with van der Waals surface area (Å²) < 4.78 is 39.8. The molecular formula is C14H8ClF3N2S. The van der Waals surface area contributed by atoms with Crippen molar-refractivity contribution in [3.8, 4) is 5.69 Å². The minimum atomic E-state index is -4.36. The Balaban J connectivity index is 2.19. The maximum atomic E-state index is 12.6. The van der Waals surface area contributed by atoms with Gasteiger partial charge in [-0.15, -0.1) is 0 Å². The fraction of sp³-hybridized carbons (Fsp3) is 0.0714. The number of hydrogen-bond acceptors (Lipinski definition) is 1. The average Bonchev–Trinajstić information content (AvgIpc) is 2.73. The molecule has 21 heavy (non-hydrogen) atoms. The Morgan fingerprint density at radius 2 is 1.71 bits per heavy atom. The van der Waals surface area contributed by atoms with Crippen LogP contribution in [0.2, 0.25) is 5.02 Å². The summed E-state index contributed by atoms with van der Waals surface area (Å²) in [6.45, 7) is 0. The van der Waals surface area contributed by atoms with Crippen LogP contribution >= 0.6 is 23.8 Å². The monoisotopic (exact) mass is 328 g/mol. The third-order valence-electron chi connectivity index (χ3n) is 3.10. The molecule has 0 unspecified atom stereocenters. The van der Waals surface area contributed by atoms with Crippen LogP contribution in [-0.2, 0) is 6.18 Å². The number of nitrogens with one attached hydrogen (secondary N) is 1. The summed E-state index contributed by atoms with van der Waals surface area (Å²) >= 11 is 11.2. The summed E-state index contributed by atoms with van der Waals surface area (Å²) in [4.78, 5) is 2.99. The number of fused-ring (bicyclic) bond motifs is 1. The van der Waals surface area contributed by atoms with E-state index in [9.17, 15) is 13.2 Å². The maximum Gasteiger partial charge on any atom is 0.416 e. The van der Waals surface area contributed by atoms with Gasteiger partial charge in [0.2, 0.25) is 0 Å². The summed E-state index contributed by atoms with van der Waals surface area (Å²) in [5.74, 6) is 0. The van der Waals surface area contributed by atoms with E-state index in [1.807, 2.05) is 0 Å². The molecule has 7 heteroatoms. The highest BCUT2D eigenvalue weighted by molar-refractivity contribution is 7.71. The molecule has 2 nitrogen and oxygen atoms in total. The highest BCUT2D eigenvalue weighted by atomic mass is 35.5. The van der Waals surface area contributed by atoms with E-state index in [0.717, 1.165) is 17.6 Å². The smallest absolute Gasteiger partial charge is 0.330 e. The standard InChI is InChI=1S/C14H8ClF3N2S/c15-9-3-6-11-12(7-9)20(13(21)19-11)10-4-1-8(2-5-10)14(16,17)18/h1-7H,(H,19,21). The van der Waals surface area contributed by atoms with E-state index in [0.29, 0.717) is 21.0 Å². The Hall–Kier alpha value is -1.79. The summed E-state index contributed by atoms with van der Waals surface area (Å²) in [6, 6.07) is 10.0. The van der Waals surface area contributed by atoms with Crippen LogP contribution in [0.3, 0.4) is 0 Å². The van der Waals surface area contributed by atoms with Crippen LogP contribution < -0.4 is 0 Å². The Kier molecular flexibility index (Phi) is 3.30. The van der Waals surface area contributed by atoms with Crippen LogP contribution in [-0.4, -0.2) is 9.55 Å². The summed E-state index contributed by atoms with van der Waals surface area (Å²) in [7, 11) is 0. The SMILES string of the molecule is FC(F)(F)c1ccc(-n2c(=S)[nH]c3ccc(Cl)cc32)cc1.